The highest BCUT2D eigenvalue weighted by molar-refractivity contribution is 7.98. The van der Waals surface area contributed by atoms with Crippen LogP contribution in [0.25, 0.3) is 27.7 Å². The van der Waals surface area contributed by atoms with Crippen LogP contribution in [0.3, 0.4) is 0 Å². The molecule has 4 aromatic rings. The number of rotatable bonds is 6. The summed E-state index contributed by atoms with van der Waals surface area (Å²) >= 11 is 1.64. The van der Waals surface area contributed by atoms with Gasteiger partial charge < -0.3 is 14.5 Å². The van der Waals surface area contributed by atoms with Crippen LogP contribution in [0.5, 0.6) is 5.75 Å². The number of ether oxygens (including phenoxy) is 1. The van der Waals surface area contributed by atoms with Gasteiger partial charge in [0.1, 0.15) is 11.3 Å². The van der Waals surface area contributed by atoms with E-state index < -0.39 is 0 Å². The first-order valence-electron chi connectivity index (χ1n) is 11.1. The summed E-state index contributed by atoms with van der Waals surface area (Å²) in [5, 5.41) is 3.96. The van der Waals surface area contributed by atoms with Crippen LogP contribution in [0.1, 0.15) is 29.2 Å². The largest absolute Gasteiger partial charge is 0.496 e. The predicted octanol–water partition coefficient (Wildman–Crippen LogP) is 7.80. The zero-order valence-electron chi connectivity index (χ0n) is 20.4. The molecular formula is C29H29NO3S. The van der Waals surface area contributed by atoms with Gasteiger partial charge in [-0.3, -0.25) is 4.79 Å². The van der Waals surface area contributed by atoms with Gasteiger partial charge in [0.25, 0.3) is 0 Å². The zero-order chi connectivity index (χ0) is 24.4. The molecule has 0 fully saturated rings. The number of fused-ring (bicyclic) bond motifs is 1. The first-order valence-corrected chi connectivity index (χ1v) is 12.3. The topological polar surface area (TPSA) is 51.5 Å². The third-order valence-corrected chi connectivity index (χ3v) is 6.76. The molecule has 0 bridgehead atoms. The van der Waals surface area contributed by atoms with Crippen molar-refractivity contribution in [3.8, 4) is 16.9 Å². The molecule has 174 valence electrons. The van der Waals surface area contributed by atoms with Crippen molar-refractivity contribution < 1.29 is 13.9 Å². The summed E-state index contributed by atoms with van der Waals surface area (Å²) in [5.74, 6) is 0.525. The molecule has 1 aromatic heterocycles. The molecule has 0 unspecified atom stereocenters. The molecule has 4 rings (SSSR count). The molecule has 0 atom stereocenters. The van der Waals surface area contributed by atoms with Gasteiger partial charge in [-0.15, -0.1) is 11.8 Å². The van der Waals surface area contributed by atoms with Crippen molar-refractivity contribution in [3.63, 3.8) is 0 Å². The van der Waals surface area contributed by atoms with E-state index in [4.69, 9.17) is 9.15 Å². The van der Waals surface area contributed by atoms with Crippen molar-refractivity contribution in [1.29, 1.82) is 0 Å². The molecular weight excluding hydrogens is 442 g/mol. The average molecular weight is 472 g/mol. The molecule has 0 saturated carbocycles. The Morgan fingerprint density at radius 1 is 1.06 bits per heavy atom. The van der Waals surface area contributed by atoms with Gasteiger partial charge in [-0.25, -0.2) is 0 Å². The number of nitrogens with one attached hydrogen (secondary N) is 1. The van der Waals surface area contributed by atoms with Crippen LogP contribution >= 0.6 is 11.8 Å². The van der Waals surface area contributed by atoms with Gasteiger partial charge in [-0.1, -0.05) is 29.8 Å². The first kappa shape index (κ1) is 23.7. The fourth-order valence-electron chi connectivity index (χ4n) is 4.35. The van der Waals surface area contributed by atoms with E-state index >= 15 is 0 Å². The van der Waals surface area contributed by atoms with E-state index in [0.717, 1.165) is 49.4 Å². The minimum atomic E-state index is -0.183. The van der Waals surface area contributed by atoms with Crippen LogP contribution in [0.4, 0.5) is 5.69 Å². The van der Waals surface area contributed by atoms with Crippen LogP contribution in [0, 0.1) is 20.8 Å². The van der Waals surface area contributed by atoms with Crippen molar-refractivity contribution in [1.82, 2.24) is 0 Å². The van der Waals surface area contributed by atoms with E-state index in [-0.39, 0.29) is 5.91 Å². The Morgan fingerprint density at radius 2 is 1.85 bits per heavy atom. The Bertz CT molecular complexity index is 1410. The lowest BCUT2D eigenvalue weighted by atomic mass is 9.94. The highest BCUT2D eigenvalue weighted by Gasteiger charge is 2.19. The maximum Gasteiger partial charge on any atom is 0.248 e. The summed E-state index contributed by atoms with van der Waals surface area (Å²) in [7, 11) is 1.65. The number of carbonyl (C=O) groups excluding carboxylic acids is 1. The molecule has 0 spiro atoms. The standard InChI is InChI=1S/C29H29NO3S/c1-17-10-11-23(18(2)12-17)26-16-33-29-20(4)28(32-5)24(15-25(26)29)19(3)13-27(31)30-21-8-7-9-22(14-21)34-6/h7-16H,1-6H3,(H,30,31)/b19-13+. The Balaban J connectivity index is 1.76. The van der Waals surface area contributed by atoms with E-state index in [1.807, 2.05) is 50.6 Å². The first-order chi connectivity index (χ1) is 16.3. The van der Waals surface area contributed by atoms with E-state index in [9.17, 15) is 4.79 Å². The predicted molar refractivity (Wildman–Crippen MR) is 143 cm³/mol. The second-order valence-corrected chi connectivity index (χ2v) is 9.36. The Kier molecular flexibility index (Phi) is 6.85. The van der Waals surface area contributed by atoms with Gasteiger partial charge >= 0.3 is 0 Å². The smallest absolute Gasteiger partial charge is 0.248 e. The Labute approximate surface area is 205 Å². The van der Waals surface area contributed by atoms with Gasteiger partial charge in [0.05, 0.1) is 13.4 Å². The molecule has 4 nitrogen and oxygen atoms in total. The van der Waals surface area contributed by atoms with Crippen molar-refractivity contribution in [3.05, 3.63) is 83.1 Å². The van der Waals surface area contributed by atoms with E-state index in [1.54, 1.807) is 24.9 Å². The van der Waals surface area contributed by atoms with Crippen molar-refractivity contribution in [2.75, 3.05) is 18.7 Å². The van der Waals surface area contributed by atoms with E-state index in [1.165, 1.54) is 11.1 Å². The fraction of sp³-hybridized carbons (Fsp3) is 0.207. The quantitative estimate of drug-likeness (QED) is 0.230. The summed E-state index contributed by atoms with van der Waals surface area (Å²) in [6, 6.07) is 16.3. The maximum atomic E-state index is 12.8. The summed E-state index contributed by atoms with van der Waals surface area (Å²) in [5.41, 5.74) is 8.73. The third-order valence-electron chi connectivity index (χ3n) is 6.03. The van der Waals surface area contributed by atoms with Crippen molar-refractivity contribution in [2.24, 2.45) is 0 Å². The van der Waals surface area contributed by atoms with Gasteiger partial charge in [-0.2, -0.15) is 0 Å². The number of anilines is 1. The molecule has 3 aromatic carbocycles. The molecule has 0 aliphatic rings. The molecule has 34 heavy (non-hydrogen) atoms. The molecule has 0 radical (unpaired) electrons. The molecule has 1 N–H and O–H groups in total. The monoisotopic (exact) mass is 471 g/mol. The number of carbonyl (C=O) groups is 1. The molecule has 1 amide bonds. The summed E-state index contributed by atoms with van der Waals surface area (Å²) in [6.45, 7) is 8.12. The Hall–Kier alpha value is -3.44. The summed E-state index contributed by atoms with van der Waals surface area (Å²) < 4.78 is 11.8. The number of thioether (sulfide) groups is 1. The molecule has 0 aliphatic carbocycles. The van der Waals surface area contributed by atoms with Crippen LogP contribution in [0.15, 0.2) is 70.2 Å². The highest BCUT2D eigenvalue weighted by atomic mass is 32.2. The average Bonchev–Trinajstić information content (AvgIpc) is 3.23. The number of benzene rings is 3. The van der Waals surface area contributed by atoms with Crippen molar-refractivity contribution in [2.45, 2.75) is 32.6 Å². The second-order valence-electron chi connectivity index (χ2n) is 8.48. The number of furan rings is 1. The number of methoxy groups -OCH3 is 1. The number of aryl methyl sites for hydroxylation is 3. The van der Waals surface area contributed by atoms with E-state index in [0.29, 0.717) is 5.75 Å². The van der Waals surface area contributed by atoms with Crippen LogP contribution in [0.2, 0.25) is 0 Å². The highest BCUT2D eigenvalue weighted by Crippen LogP contribution is 2.41. The minimum Gasteiger partial charge on any atom is -0.496 e. The molecule has 0 aliphatic heterocycles. The fourth-order valence-corrected chi connectivity index (χ4v) is 4.81. The maximum absolute atomic E-state index is 12.8. The van der Waals surface area contributed by atoms with Crippen LogP contribution in [-0.2, 0) is 4.79 Å². The second kappa shape index (κ2) is 9.82. The number of amides is 1. The van der Waals surface area contributed by atoms with Gasteiger partial charge in [0.15, 0.2) is 0 Å². The number of hydrogen-bond acceptors (Lipinski definition) is 4. The number of allylic oxidation sites excluding steroid dienone is 1. The lowest BCUT2D eigenvalue weighted by Crippen LogP contribution is -2.08. The lowest BCUT2D eigenvalue weighted by Gasteiger charge is -2.14. The van der Waals surface area contributed by atoms with Crippen LogP contribution in [-0.4, -0.2) is 19.3 Å². The molecule has 5 heteroatoms. The van der Waals surface area contributed by atoms with Gasteiger partial charge in [-0.05, 0) is 74.9 Å². The zero-order valence-corrected chi connectivity index (χ0v) is 21.2. The van der Waals surface area contributed by atoms with E-state index in [2.05, 4.69) is 43.4 Å². The minimum absolute atomic E-state index is 0.183. The SMILES string of the molecule is COc1c(/C(C)=C/C(=O)Nc2cccc(SC)c2)cc2c(-c3ccc(C)cc3C)coc2c1C. The number of hydrogen-bond donors (Lipinski definition) is 1. The summed E-state index contributed by atoms with van der Waals surface area (Å²) in [6.07, 6.45) is 5.44. The normalized spacial score (nSPS) is 11.6. The van der Waals surface area contributed by atoms with Gasteiger partial charge in [0.2, 0.25) is 5.91 Å². The lowest BCUT2D eigenvalue weighted by molar-refractivity contribution is -0.111. The van der Waals surface area contributed by atoms with Crippen LogP contribution < -0.4 is 10.1 Å². The van der Waals surface area contributed by atoms with Gasteiger partial charge in [0, 0.05) is 38.7 Å². The van der Waals surface area contributed by atoms with Crippen molar-refractivity contribution >= 4 is 39.9 Å². The molecule has 1 heterocycles. The Morgan fingerprint density at radius 3 is 2.56 bits per heavy atom. The molecule has 0 saturated heterocycles. The summed E-state index contributed by atoms with van der Waals surface area (Å²) in [4.78, 5) is 13.9. The third kappa shape index (κ3) is 4.62.